The van der Waals surface area contributed by atoms with Crippen molar-refractivity contribution in [2.24, 2.45) is 0 Å². The van der Waals surface area contributed by atoms with Gasteiger partial charge in [-0.2, -0.15) is 0 Å². The zero-order chi connectivity index (χ0) is 13.8. The van der Waals surface area contributed by atoms with Crippen LogP contribution in [0.25, 0.3) is 0 Å². The van der Waals surface area contributed by atoms with Gasteiger partial charge in [-0.25, -0.2) is 0 Å². The van der Waals surface area contributed by atoms with Crippen LogP contribution < -0.4 is 10.2 Å². The van der Waals surface area contributed by atoms with Crippen LogP contribution in [-0.2, 0) is 4.79 Å². The summed E-state index contributed by atoms with van der Waals surface area (Å²) in [5.74, 6) is 0.0855. The molecule has 0 saturated carbocycles. The highest BCUT2D eigenvalue weighted by atomic mass is 35.5. The van der Waals surface area contributed by atoms with Gasteiger partial charge in [0.05, 0.1) is 28.0 Å². The predicted octanol–water partition coefficient (Wildman–Crippen LogP) is 4.33. The molecule has 1 aliphatic rings. The third kappa shape index (κ3) is 3.34. The normalized spacial score (nSPS) is 14.3. The minimum atomic E-state index is 0.0855. The minimum absolute atomic E-state index is 0.0855. The highest BCUT2D eigenvalue weighted by Gasteiger charge is 2.24. The predicted molar refractivity (Wildman–Crippen MR) is 81.4 cm³/mol. The Hall–Kier alpha value is -0.930. The molecule has 0 bridgehead atoms. The van der Waals surface area contributed by atoms with Crippen LogP contribution >= 0.6 is 23.2 Å². The Bertz CT molecular complexity index is 477. The molecule has 0 aliphatic carbocycles. The second-order valence-corrected chi connectivity index (χ2v) is 5.56. The SMILES string of the molecule is CCCCCCN1C(=O)CNc2cc(Cl)c(Cl)cc21. The standard InChI is InChI=1S/C14H18Cl2N2O/c1-2-3-4-5-6-18-13-8-11(16)10(15)7-12(13)17-9-14(18)19/h7-8,17H,2-6,9H2,1H3. The average Bonchev–Trinajstić information content (AvgIpc) is 2.39. The Morgan fingerprint density at radius 2 is 1.95 bits per heavy atom. The van der Waals surface area contributed by atoms with Crippen molar-refractivity contribution in [1.29, 1.82) is 0 Å². The molecule has 1 amide bonds. The Balaban J connectivity index is 2.15. The van der Waals surface area contributed by atoms with Crippen molar-refractivity contribution >= 4 is 40.5 Å². The Morgan fingerprint density at radius 1 is 1.21 bits per heavy atom. The van der Waals surface area contributed by atoms with Crippen molar-refractivity contribution in [3.05, 3.63) is 22.2 Å². The summed E-state index contributed by atoms with van der Waals surface area (Å²) in [6, 6.07) is 3.55. The summed E-state index contributed by atoms with van der Waals surface area (Å²) in [5.41, 5.74) is 1.71. The third-order valence-electron chi connectivity index (χ3n) is 3.30. The lowest BCUT2D eigenvalue weighted by Crippen LogP contribution is -2.40. The van der Waals surface area contributed by atoms with Crippen LogP contribution in [0.3, 0.4) is 0 Å². The van der Waals surface area contributed by atoms with E-state index < -0.39 is 0 Å². The van der Waals surface area contributed by atoms with Crippen molar-refractivity contribution in [2.75, 3.05) is 23.3 Å². The van der Waals surface area contributed by atoms with Crippen molar-refractivity contribution < 1.29 is 4.79 Å². The van der Waals surface area contributed by atoms with Gasteiger partial charge in [0.1, 0.15) is 0 Å². The number of fused-ring (bicyclic) bond motifs is 1. The van der Waals surface area contributed by atoms with Crippen molar-refractivity contribution in [3.63, 3.8) is 0 Å². The summed E-state index contributed by atoms with van der Waals surface area (Å²) in [6.07, 6.45) is 4.55. The Labute approximate surface area is 123 Å². The average molecular weight is 301 g/mol. The smallest absolute Gasteiger partial charge is 0.246 e. The zero-order valence-corrected chi connectivity index (χ0v) is 12.5. The first-order chi connectivity index (χ1) is 9.13. The molecule has 3 nitrogen and oxygen atoms in total. The molecule has 0 radical (unpaired) electrons. The van der Waals surface area contributed by atoms with Gasteiger partial charge in [0.2, 0.25) is 5.91 Å². The fraction of sp³-hybridized carbons (Fsp3) is 0.500. The number of rotatable bonds is 5. The fourth-order valence-corrected chi connectivity index (χ4v) is 2.57. The molecule has 0 spiro atoms. The number of amides is 1. The van der Waals surface area contributed by atoms with Gasteiger partial charge >= 0.3 is 0 Å². The highest BCUT2D eigenvalue weighted by molar-refractivity contribution is 6.42. The summed E-state index contributed by atoms with van der Waals surface area (Å²) in [7, 11) is 0. The first-order valence-electron chi connectivity index (χ1n) is 6.66. The number of halogens is 2. The molecule has 0 atom stereocenters. The lowest BCUT2D eigenvalue weighted by atomic mass is 10.1. The number of hydrogen-bond donors (Lipinski definition) is 1. The minimum Gasteiger partial charge on any atom is -0.374 e. The largest absolute Gasteiger partial charge is 0.374 e. The summed E-state index contributed by atoms with van der Waals surface area (Å²) in [4.78, 5) is 13.8. The Kier molecular flexibility index (Phi) is 4.94. The van der Waals surface area contributed by atoms with Crippen molar-refractivity contribution in [2.45, 2.75) is 32.6 Å². The molecule has 0 aromatic heterocycles. The van der Waals surface area contributed by atoms with Gasteiger partial charge in [0.25, 0.3) is 0 Å². The number of nitrogens with one attached hydrogen (secondary N) is 1. The number of nitrogens with zero attached hydrogens (tertiary/aromatic N) is 1. The quantitative estimate of drug-likeness (QED) is 0.821. The van der Waals surface area contributed by atoms with Crippen LogP contribution in [0.4, 0.5) is 11.4 Å². The second kappa shape index (κ2) is 6.49. The van der Waals surface area contributed by atoms with Crippen molar-refractivity contribution in [1.82, 2.24) is 0 Å². The maximum Gasteiger partial charge on any atom is 0.246 e. The van der Waals surface area contributed by atoms with Gasteiger partial charge in [-0.05, 0) is 18.6 Å². The zero-order valence-electron chi connectivity index (χ0n) is 11.0. The number of carbonyl (C=O) groups is 1. The molecule has 1 aliphatic heterocycles. The Morgan fingerprint density at radius 3 is 2.68 bits per heavy atom. The van der Waals surface area contributed by atoms with Gasteiger partial charge in [-0.15, -0.1) is 0 Å². The molecule has 0 fully saturated rings. The summed E-state index contributed by atoms with van der Waals surface area (Å²) in [5, 5.41) is 4.07. The second-order valence-electron chi connectivity index (χ2n) is 4.74. The molecule has 0 saturated heterocycles. The molecule has 19 heavy (non-hydrogen) atoms. The lowest BCUT2D eigenvalue weighted by molar-refractivity contribution is -0.117. The molecule has 1 aromatic carbocycles. The van der Waals surface area contributed by atoms with E-state index in [0.29, 0.717) is 16.6 Å². The maximum atomic E-state index is 12.0. The van der Waals surface area contributed by atoms with Crippen LogP contribution in [0, 0.1) is 0 Å². The molecule has 1 aromatic rings. The number of carbonyl (C=O) groups excluding carboxylic acids is 1. The van der Waals surface area contributed by atoms with E-state index in [1.807, 2.05) is 4.90 Å². The summed E-state index contributed by atoms with van der Waals surface area (Å²) < 4.78 is 0. The van der Waals surface area contributed by atoms with Gasteiger partial charge in [-0.3, -0.25) is 4.79 Å². The topological polar surface area (TPSA) is 32.3 Å². The lowest BCUT2D eigenvalue weighted by Gasteiger charge is -2.30. The number of unbranched alkanes of at least 4 members (excludes halogenated alkanes) is 3. The molecular formula is C14H18Cl2N2O. The van der Waals surface area contributed by atoms with Crippen LogP contribution in [0.15, 0.2) is 12.1 Å². The van der Waals surface area contributed by atoms with Crippen LogP contribution in [0.2, 0.25) is 10.0 Å². The van der Waals surface area contributed by atoms with E-state index in [0.717, 1.165) is 30.8 Å². The monoisotopic (exact) mass is 300 g/mol. The van der Waals surface area contributed by atoms with Gasteiger partial charge in [-0.1, -0.05) is 49.4 Å². The molecule has 104 valence electrons. The fourth-order valence-electron chi connectivity index (χ4n) is 2.24. The summed E-state index contributed by atoms with van der Waals surface area (Å²) >= 11 is 12.0. The van der Waals surface area contributed by atoms with Crippen molar-refractivity contribution in [3.8, 4) is 0 Å². The first kappa shape index (κ1) is 14.5. The molecular weight excluding hydrogens is 283 g/mol. The molecule has 2 rings (SSSR count). The van der Waals surface area contributed by atoms with Gasteiger partial charge in [0, 0.05) is 6.54 Å². The number of benzene rings is 1. The van der Waals surface area contributed by atoms with E-state index in [1.165, 1.54) is 12.8 Å². The maximum absolute atomic E-state index is 12.0. The number of hydrogen-bond acceptors (Lipinski definition) is 2. The molecule has 0 unspecified atom stereocenters. The van der Waals surface area contributed by atoms with Gasteiger partial charge in [0.15, 0.2) is 0 Å². The summed E-state index contributed by atoms with van der Waals surface area (Å²) in [6.45, 7) is 3.23. The van der Waals surface area contributed by atoms with E-state index >= 15 is 0 Å². The van der Waals surface area contributed by atoms with Crippen LogP contribution in [0.5, 0.6) is 0 Å². The third-order valence-corrected chi connectivity index (χ3v) is 4.02. The van der Waals surface area contributed by atoms with Gasteiger partial charge < -0.3 is 10.2 Å². The van der Waals surface area contributed by atoms with Crippen LogP contribution in [0.1, 0.15) is 32.6 Å². The highest BCUT2D eigenvalue weighted by Crippen LogP contribution is 2.37. The van der Waals surface area contributed by atoms with E-state index in [1.54, 1.807) is 12.1 Å². The van der Waals surface area contributed by atoms with E-state index in [2.05, 4.69) is 12.2 Å². The first-order valence-corrected chi connectivity index (χ1v) is 7.42. The number of anilines is 2. The van der Waals surface area contributed by atoms with E-state index in [-0.39, 0.29) is 5.91 Å². The molecule has 1 heterocycles. The molecule has 5 heteroatoms. The van der Waals surface area contributed by atoms with Crippen LogP contribution in [-0.4, -0.2) is 19.0 Å². The van der Waals surface area contributed by atoms with E-state index in [4.69, 9.17) is 23.2 Å². The van der Waals surface area contributed by atoms with E-state index in [9.17, 15) is 4.79 Å². The molecule has 1 N–H and O–H groups in total.